The van der Waals surface area contributed by atoms with Gasteiger partial charge in [-0.3, -0.25) is 4.57 Å². The highest BCUT2D eigenvalue weighted by Gasteiger charge is 2.29. The first-order valence-corrected chi connectivity index (χ1v) is 10.5. The zero-order chi connectivity index (χ0) is 15.0. The number of hydrogen-bond acceptors (Lipinski definition) is 2. The van der Waals surface area contributed by atoms with Gasteiger partial charge in [0.25, 0.3) is 0 Å². The maximum Gasteiger partial charge on any atom is 0.363 e. The zero-order valence-electron chi connectivity index (χ0n) is 10.7. The van der Waals surface area contributed by atoms with E-state index in [1.807, 2.05) is 30.3 Å². The van der Waals surface area contributed by atoms with Gasteiger partial charge < -0.3 is 4.52 Å². The molecule has 3 nitrogen and oxygen atoms in total. The normalized spacial score (nSPS) is 16.1. The fourth-order valence-corrected chi connectivity index (χ4v) is 4.62. The fraction of sp³-hybridized carbons (Fsp3) is 0.500. The van der Waals surface area contributed by atoms with Gasteiger partial charge in [-0.15, -0.1) is 23.2 Å². The van der Waals surface area contributed by atoms with Crippen molar-refractivity contribution in [2.45, 2.75) is 4.83 Å². The largest absolute Gasteiger partial charge is 0.363 e. The first-order chi connectivity index (χ1) is 9.51. The molecule has 1 aromatic carbocycles. The molecule has 0 heterocycles. The minimum absolute atomic E-state index is 0.0790. The molecule has 0 saturated heterocycles. The lowest BCUT2D eigenvalue weighted by Gasteiger charge is -2.25. The standard InChI is InChI=1S/C12H16BrCl3NO2P/c13-12(11-4-2-1-3-5-11)10-19-20(16,18)17(8-6-14)9-7-15/h1-5,12H,6-10H2. The van der Waals surface area contributed by atoms with Gasteiger partial charge in [-0.05, 0) is 16.8 Å². The first-order valence-electron chi connectivity index (χ1n) is 6.02. The molecule has 0 bridgehead atoms. The van der Waals surface area contributed by atoms with Crippen molar-refractivity contribution in [1.82, 2.24) is 4.67 Å². The van der Waals surface area contributed by atoms with Crippen molar-refractivity contribution in [3.8, 4) is 0 Å². The van der Waals surface area contributed by atoms with E-state index in [0.717, 1.165) is 5.56 Å². The van der Waals surface area contributed by atoms with Gasteiger partial charge in [0.05, 0.1) is 11.4 Å². The zero-order valence-corrected chi connectivity index (χ0v) is 15.5. The Hall–Kier alpha value is 0.720. The molecule has 0 saturated carbocycles. The van der Waals surface area contributed by atoms with Gasteiger partial charge in [0.1, 0.15) is 0 Å². The predicted octanol–water partition coefficient (Wildman–Crippen LogP) is 5.27. The first kappa shape index (κ1) is 18.8. The summed E-state index contributed by atoms with van der Waals surface area (Å²) in [5.74, 6) is 0.626. The van der Waals surface area contributed by atoms with Crippen LogP contribution in [0.5, 0.6) is 0 Å². The monoisotopic (exact) mass is 421 g/mol. The average molecular weight is 424 g/mol. The lowest BCUT2D eigenvalue weighted by Crippen LogP contribution is -2.24. The van der Waals surface area contributed by atoms with Gasteiger partial charge >= 0.3 is 6.87 Å². The molecule has 0 N–H and O–H groups in total. The number of nitrogens with zero attached hydrogens (tertiary/aromatic N) is 1. The Morgan fingerprint density at radius 1 is 1.20 bits per heavy atom. The third-order valence-electron chi connectivity index (χ3n) is 2.56. The topological polar surface area (TPSA) is 29.5 Å². The number of rotatable bonds is 9. The van der Waals surface area contributed by atoms with Gasteiger partial charge in [-0.1, -0.05) is 46.3 Å². The van der Waals surface area contributed by atoms with E-state index < -0.39 is 6.87 Å². The van der Waals surface area contributed by atoms with Gasteiger partial charge in [0.15, 0.2) is 0 Å². The van der Waals surface area contributed by atoms with Crippen LogP contribution in [0, 0.1) is 0 Å². The lowest BCUT2D eigenvalue weighted by atomic mass is 10.2. The lowest BCUT2D eigenvalue weighted by molar-refractivity contribution is 0.281. The molecule has 0 radical (unpaired) electrons. The summed E-state index contributed by atoms with van der Waals surface area (Å²) in [4.78, 5) is -0.0790. The van der Waals surface area contributed by atoms with Gasteiger partial charge in [0, 0.05) is 24.8 Å². The molecule has 1 aromatic rings. The quantitative estimate of drug-likeness (QED) is 0.401. The number of hydrogen-bond donors (Lipinski definition) is 0. The van der Waals surface area contributed by atoms with Crippen molar-refractivity contribution in [2.75, 3.05) is 31.5 Å². The molecule has 1 rings (SSSR count). The average Bonchev–Trinajstić information content (AvgIpc) is 2.45. The molecular weight excluding hydrogens is 407 g/mol. The van der Waals surface area contributed by atoms with Crippen molar-refractivity contribution in [3.63, 3.8) is 0 Å². The van der Waals surface area contributed by atoms with Crippen LogP contribution in [0.4, 0.5) is 0 Å². The molecule has 0 amide bonds. The van der Waals surface area contributed by atoms with Crippen molar-refractivity contribution < 1.29 is 9.09 Å². The molecule has 20 heavy (non-hydrogen) atoms. The molecule has 0 fully saturated rings. The van der Waals surface area contributed by atoms with E-state index in [4.69, 9.17) is 39.0 Å². The Morgan fingerprint density at radius 2 is 1.75 bits per heavy atom. The highest BCUT2D eigenvalue weighted by molar-refractivity contribution is 9.09. The SMILES string of the molecule is O=P(Cl)(OCC(Br)c1ccccc1)N(CCCl)CCCl. The smallest absolute Gasteiger partial charge is 0.305 e. The molecule has 8 heteroatoms. The number of halogens is 4. The Balaban J connectivity index is 2.59. The van der Waals surface area contributed by atoms with Gasteiger partial charge in [-0.2, -0.15) is 0 Å². The summed E-state index contributed by atoms with van der Waals surface area (Å²) >= 11 is 20.8. The second kappa shape index (κ2) is 9.68. The Labute approximate surface area is 142 Å². The maximum atomic E-state index is 12.4. The van der Waals surface area contributed by atoms with E-state index >= 15 is 0 Å². The molecule has 0 aliphatic heterocycles. The van der Waals surface area contributed by atoms with Crippen molar-refractivity contribution in [2.24, 2.45) is 0 Å². The van der Waals surface area contributed by atoms with Crippen LogP contribution in [0.2, 0.25) is 0 Å². The number of benzene rings is 1. The summed E-state index contributed by atoms with van der Waals surface area (Å²) in [5, 5.41) is 0. The number of alkyl halides is 3. The van der Waals surface area contributed by atoms with Crippen LogP contribution in [0.1, 0.15) is 10.4 Å². The summed E-state index contributed by atoms with van der Waals surface area (Å²) in [6.07, 6.45) is 0. The molecule has 0 spiro atoms. The van der Waals surface area contributed by atoms with Crippen LogP contribution in [-0.4, -0.2) is 36.1 Å². The van der Waals surface area contributed by atoms with E-state index in [2.05, 4.69) is 15.9 Å². The summed E-state index contributed by atoms with van der Waals surface area (Å²) < 4.78 is 19.2. The second-order valence-electron chi connectivity index (χ2n) is 3.96. The van der Waals surface area contributed by atoms with Crippen LogP contribution in [-0.2, 0) is 9.09 Å². The molecule has 0 aliphatic carbocycles. The summed E-state index contributed by atoms with van der Waals surface area (Å²) in [6, 6.07) is 9.70. The van der Waals surface area contributed by atoms with Crippen molar-refractivity contribution in [3.05, 3.63) is 35.9 Å². The Morgan fingerprint density at radius 3 is 2.25 bits per heavy atom. The van der Waals surface area contributed by atoms with E-state index in [-0.39, 0.29) is 11.4 Å². The second-order valence-corrected chi connectivity index (χ2v) is 8.83. The summed E-state index contributed by atoms with van der Waals surface area (Å²) in [7, 11) is 0. The van der Waals surface area contributed by atoms with Crippen LogP contribution >= 0.6 is 57.2 Å². The summed E-state index contributed by atoms with van der Waals surface area (Å²) in [5.41, 5.74) is 1.03. The fourth-order valence-electron chi connectivity index (χ4n) is 1.54. The van der Waals surface area contributed by atoms with E-state index in [1.54, 1.807) is 0 Å². The van der Waals surface area contributed by atoms with Crippen LogP contribution in [0.15, 0.2) is 30.3 Å². The third-order valence-corrected chi connectivity index (χ3v) is 6.17. The predicted molar refractivity (Wildman–Crippen MR) is 90.5 cm³/mol. The Bertz CT molecular complexity index is 432. The van der Waals surface area contributed by atoms with Crippen molar-refractivity contribution in [1.29, 1.82) is 0 Å². The van der Waals surface area contributed by atoms with Crippen LogP contribution in [0.3, 0.4) is 0 Å². The minimum Gasteiger partial charge on any atom is -0.305 e. The minimum atomic E-state index is -3.40. The van der Waals surface area contributed by atoms with Gasteiger partial charge in [0.2, 0.25) is 0 Å². The third kappa shape index (κ3) is 6.23. The molecule has 0 aliphatic rings. The molecular formula is C12H16BrCl3NO2P. The molecule has 0 aromatic heterocycles. The molecule has 2 atom stereocenters. The highest BCUT2D eigenvalue weighted by Crippen LogP contribution is 2.56. The summed E-state index contributed by atoms with van der Waals surface area (Å²) in [6.45, 7) is -2.47. The molecule has 2 unspecified atom stereocenters. The van der Waals surface area contributed by atoms with E-state index in [1.165, 1.54) is 4.67 Å². The van der Waals surface area contributed by atoms with E-state index in [9.17, 15) is 4.57 Å². The Kier molecular flexibility index (Phi) is 9.08. The molecule has 114 valence electrons. The van der Waals surface area contributed by atoms with Gasteiger partial charge in [-0.25, -0.2) is 4.67 Å². The van der Waals surface area contributed by atoms with Crippen LogP contribution in [0.25, 0.3) is 0 Å². The van der Waals surface area contributed by atoms with Crippen molar-refractivity contribution >= 4 is 57.2 Å². The maximum absolute atomic E-state index is 12.4. The highest BCUT2D eigenvalue weighted by atomic mass is 79.9. The van der Waals surface area contributed by atoms with E-state index in [0.29, 0.717) is 24.8 Å². The van der Waals surface area contributed by atoms with Crippen LogP contribution < -0.4 is 0 Å².